The zero-order valence-corrected chi connectivity index (χ0v) is 12.9. The molecule has 0 heterocycles. The molecular weight excluding hydrogens is 297 g/mol. The topological polar surface area (TPSA) is 58.4 Å². The lowest BCUT2D eigenvalue weighted by Crippen LogP contribution is -2.43. The lowest BCUT2D eigenvalue weighted by Gasteiger charge is -2.33. The van der Waals surface area contributed by atoms with Gasteiger partial charge in [0.15, 0.2) is 0 Å². The summed E-state index contributed by atoms with van der Waals surface area (Å²) in [6, 6.07) is 5.32. The summed E-state index contributed by atoms with van der Waals surface area (Å²) >= 11 is 11.9. The second-order valence-electron chi connectivity index (χ2n) is 5.23. The SMILES string of the molecule is CN(C(=O)Nc1cc(Cl)ccc1Cl)C1CCC(N)CC1. The Bertz CT molecular complexity index is 487. The molecule has 0 atom stereocenters. The van der Waals surface area contributed by atoms with Crippen LogP contribution in [0.4, 0.5) is 10.5 Å². The van der Waals surface area contributed by atoms with Crippen LogP contribution >= 0.6 is 23.2 Å². The smallest absolute Gasteiger partial charge is 0.321 e. The van der Waals surface area contributed by atoms with Crippen LogP contribution in [-0.4, -0.2) is 30.1 Å². The van der Waals surface area contributed by atoms with Crippen LogP contribution in [0.15, 0.2) is 18.2 Å². The van der Waals surface area contributed by atoms with E-state index in [4.69, 9.17) is 28.9 Å². The molecular formula is C14H19Cl2N3O. The fourth-order valence-electron chi connectivity index (χ4n) is 2.45. The Labute approximate surface area is 129 Å². The van der Waals surface area contributed by atoms with E-state index in [0.717, 1.165) is 25.7 Å². The van der Waals surface area contributed by atoms with Gasteiger partial charge in [-0.15, -0.1) is 0 Å². The molecule has 0 radical (unpaired) electrons. The first-order chi connectivity index (χ1) is 9.47. The van der Waals surface area contributed by atoms with Crippen molar-refractivity contribution in [2.24, 2.45) is 5.73 Å². The van der Waals surface area contributed by atoms with Crippen molar-refractivity contribution >= 4 is 34.9 Å². The number of nitrogens with one attached hydrogen (secondary N) is 1. The van der Waals surface area contributed by atoms with Gasteiger partial charge in [-0.1, -0.05) is 23.2 Å². The molecule has 1 aromatic rings. The number of rotatable bonds is 2. The molecule has 3 N–H and O–H groups in total. The highest BCUT2D eigenvalue weighted by Gasteiger charge is 2.25. The van der Waals surface area contributed by atoms with Gasteiger partial charge in [-0.3, -0.25) is 0 Å². The Balaban J connectivity index is 1.99. The summed E-state index contributed by atoms with van der Waals surface area (Å²) in [5.74, 6) is 0. The van der Waals surface area contributed by atoms with Gasteiger partial charge in [0.05, 0.1) is 10.7 Å². The second kappa shape index (κ2) is 6.66. The van der Waals surface area contributed by atoms with Crippen LogP contribution < -0.4 is 11.1 Å². The third-order valence-electron chi connectivity index (χ3n) is 3.78. The molecule has 0 aliphatic heterocycles. The van der Waals surface area contributed by atoms with Gasteiger partial charge >= 0.3 is 6.03 Å². The van der Waals surface area contributed by atoms with Crippen LogP contribution in [0, 0.1) is 0 Å². The number of amides is 2. The van der Waals surface area contributed by atoms with Crippen molar-refractivity contribution in [1.82, 2.24) is 4.90 Å². The quantitative estimate of drug-likeness (QED) is 0.873. The Kier molecular flexibility index (Phi) is 5.13. The minimum Gasteiger partial charge on any atom is -0.328 e. The average Bonchev–Trinajstić information content (AvgIpc) is 2.43. The number of halogens is 2. The van der Waals surface area contributed by atoms with Gasteiger partial charge in [0, 0.05) is 24.2 Å². The van der Waals surface area contributed by atoms with Crippen LogP contribution in [0.2, 0.25) is 10.0 Å². The van der Waals surface area contributed by atoms with Crippen LogP contribution in [0.3, 0.4) is 0 Å². The van der Waals surface area contributed by atoms with Gasteiger partial charge in [-0.25, -0.2) is 4.79 Å². The summed E-state index contributed by atoms with van der Waals surface area (Å²) in [4.78, 5) is 14.0. The van der Waals surface area contributed by atoms with Crippen molar-refractivity contribution in [2.45, 2.75) is 37.8 Å². The summed E-state index contributed by atoms with van der Waals surface area (Å²) in [5, 5.41) is 3.81. The lowest BCUT2D eigenvalue weighted by molar-refractivity contribution is 0.182. The van der Waals surface area contributed by atoms with Gasteiger partial charge in [-0.2, -0.15) is 0 Å². The van der Waals surface area contributed by atoms with Gasteiger partial charge in [0.2, 0.25) is 0 Å². The fraction of sp³-hybridized carbons (Fsp3) is 0.500. The second-order valence-corrected chi connectivity index (χ2v) is 6.08. The maximum Gasteiger partial charge on any atom is 0.321 e. The zero-order chi connectivity index (χ0) is 14.7. The van der Waals surface area contributed by atoms with Crippen molar-refractivity contribution < 1.29 is 4.79 Å². The van der Waals surface area contributed by atoms with E-state index in [1.807, 2.05) is 0 Å². The molecule has 0 unspecified atom stereocenters. The van der Waals surface area contributed by atoms with Crippen LogP contribution in [-0.2, 0) is 0 Å². The molecule has 0 aromatic heterocycles. The molecule has 0 bridgehead atoms. The average molecular weight is 316 g/mol. The summed E-state index contributed by atoms with van der Waals surface area (Å²) in [7, 11) is 1.80. The minimum absolute atomic E-state index is 0.172. The Hall–Kier alpha value is -0.970. The van der Waals surface area contributed by atoms with Gasteiger partial charge < -0.3 is 16.0 Å². The van der Waals surface area contributed by atoms with Crippen molar-refractivity contribution in [3.8, 4) is 0 Å². The number of nitrogens with zero attached hydrogens (tertiary/aromatic N) is 1. The van der Waals surface area contributed by atoms with Crippen molar-refractivity contribution in [2.75, 3.05) is 12.4 Å². The Morgan fingerprint density at radius 1 is 1.30 bits per heavy atom. The molecule has 6 heteroatoms. The number of carbonyl (C=O) groups is 1. The van der Waals surface area contributed by atoms with E-state index in [1.165, 1.54) is 0 Å². The third-order valence-corrected chi connectivity index (χ3v) is 4.34. The summed E-state index contributed by atoms with van der Waals surface area (Å²) in [6.07, 6.45) is 3.79. The maximum atomic E-state index is 12.2. The summed E-state index contributed by atoms with van der Waals surface area (Å²) in [5.41, 5.74) is 6.41. The maximum absolute atomic E-state index is 12.2. The molecule has 20 heavy (non-hydrogen) atoms. The fourth-order valence-corrected chi connectivity index (χ4v) is 2.79. The molecule has 1 aromatic carbocycles. The first kappa shape index (κ1) is 15.4. The molecule has 2 amide bonds. The minimum atomic E-state index is -0.172. The van der Waals surface area contributed by atoms with Crippen molar-refractivity contribution in [1.29, 1.82) is 0 Å². The number of anilines is 1. The Morgan fingerprint density at radius 3 is 2.60 bits per heavy atom. The first-order valence-electron chi connectivity index (χ1n) is 6.72. The van der Waals surface area contributed by atoms with Crippen LogP contribution in [0.5, 0.6) is 0 Å². The number of carbonyl (C=O) groups excluding carboxylic acids is 1. The van der Waals surface area contributed by atoms with Gasteiger partial charge in [0.1, 0.15) is 0 Å². The molecule has 1 fully saturated rings. The molecule has 0 saturated heterocycles. The highest BCUT2D eigenvalue weighted by atomic mass is 35.5. The highest BCUT2D eigenvalue weighted by molar-refractivity contribution is 6.35. The predicted molar refractivity (Wildman–Crippen MR) is 83.5 cm³/mol. The largest absolute Gasteiger partial charge is 0.328 e. The predicted octanol–water partition coefficient (Wildman–Crippen LogP) is 3.73. The van der Waals surface area contributed by atoms with E-state index in [2.05, 4.69) is 5.32 Å². The lowest BCUT2D eigenvalue weighted by atomic mass is 9.91. The number of hydrogen-bond donors (Lipinski definition) is 2. The first-order valence-corrected chi connectivity index (χ1v) is 7.47. The number of urea groups is 1. The van der Waals surface area contributed by atoms with E-state index in [9.17, 15) is 4.79 Å². The number of hydrogen-bond acceptors (Lipinski definition) is 2. The van der Waals surface area contributed by atoms with E-state index in [-0.39, 0.29) is 18.1 Å². The molecule has 110 valence electrons. The van der Waals surface area contributed by atoms with Crippen molar-refractivity contribution in [3.05, 3.63) is 28.2 Å². The Morgan fingerprint density at radius 2 is 1.95 bits per heavy atom. The highest BCUT2D eigenvalue weighted by Crippen LogP contribution is 2.27. The molecule has 1 saturated carbocycles. The van der Waals surface area contributed by atoms with E-state index >= 15 is 0 Å². The zero-order valence-electron chi connectivity index (χ0n) is 11.4. The molecule has 1 aliphatic carbocycles. The molecule has 1 aliphatic rings. The third kappa shape index (κ3) is 3.78. The van der Waals surface area contributed by atoms with E-state index in [1.54, 1.807) is 30.1 Å². The summed E-state index contributed by atoms with van der Waals surface area (Å²) < 4.78 is 0. The normalized spacial score (nSPS) is 22.4. The molecule has 2 rings (SSSR count). The van der Waals surface area contributed by atoms with Crippen molar-refractivity contribution in [3.63, 3.8) is 0 Å². The summed E-state index contributed by atoms with van der Waals surface area (Å²) in [6.45, 7) is 0. The standard InChI is InChI=1S/C14H19Cl2N3O/c1-19(11-5-3-10(17)4-6-11)14(20)18-13-8-9(15)2-7-12(13)16/h2,7-8,10-11H,3-6,17H2,1H3,(H,18,20). The van der Waals surface area contributed by atoms with Gasteiger partial charge in [0.25, 0.3) is 0 Å². The monoisotopic (exact) mass is 315 g/mol. The van der Waals surface area contributed by atoms with E-state index < -0.39 is 0 Å². The van der Waals surface area contributed by atoms with Crippen LogP contribution in [0.25, 0.3) is 0 Å². The molecule has 0 spiro atoms. The number of benzene rings is 1. The van der Waals surface area contributed by atoms with Crippen LogP contribution in [0.1, 0.15) is 25.7 Å². The number of nitrogens with two attached hydrogens (primary N) is 1. The van der Waals surface area contributed by atoms with E-state index in [0.29, 0.717) is 15.7 Å². The molecule has 4 nitrogen and oxygen atoms in total. The van der Waals surface area contributed by atoms with Gasteiger partial charge in [-0.05, 0) is 43.9 Å².